The summed E-state index contributed by atoms with van der Waals surface area (Å²) in [5.74, 6) is 0. The highest BCUT2D eigenvalue weighted by Gasteiger charge is 2.25. The number of unbranched alkanes of at least 4 members (excludes halogenated alkanes) is 9. The Hall–Kier alpha value is -1.60. The zero-order valence-corrected chi connectivity index (χ0v) is 23.7. The zero-order chi connectivity index (χ0) is 25.3. The average Bonchev–Trinajstić information content (AvgIpc) is 2.88. The van der Waals surface area contributed by atoms with E-state index in [-0.39, 0.29) is 0 Å². The molecule has 0 heterocycles. The van der Waals surface area contributed by atoms with E-state index in [1.807, 2.05) is 0 Å². The Bertz CT molecular complexity index is 595. The third kappa shape index (κ3) is 17.5. The van der Waals surface area contributed by atoms with E-state index < -0.39 is 0 Å². The summed E-state index contributed by atoms with van der Waals surface area (Å²) in [4.78, 5) is 0. The van der Waals surface area contributed by atoms with Crippen LogP contribution < -0.4 is 0 Å². The summed E-state index contributed by atoms with van der Waals surface area (Å²) in [7, 11) is 0. The molecule has 0 radical (unpaired) electrons. The van der Waals surface area contributed by atoms with Gasteiger partial charge in [0.15, 0.2) is 0 Å². The molecule has 0 saturated heterocycles. The van der Waals surface area contributed by atoms with Crippen LogP contribution in [-0.4, -0.2) is 24.1 Å². The van der Waals surface area contributed by atoms with Gasteiger partial charge in [-0.1, -0.05) is 126 Å². The van der Waals surface area contributed by atoms with Crippen LogP contribution >= 0.6 is 0 Å². The number of benzene rings is 1. The quantitative estimate of drug-likeness (QED) is 0.0829. The fraction of sp³-hybridized carbons (Fsp3) is 0.647. The minimum Gasteiger partial charge on any atom is -0.319 e. The fourth-order valence-corrected chi connectivity index (χ4v) is 4.83. The molecule has 0 aliphatic rings. The van der Waals surface area contributed by atoms with E-state index in [0.717, 1.165) is 6.54 Å². The van der Waals surface area contributed by atoms with Gasteiger partial charge in [0.1, 0.15) is 6.54 Å². The highest BCUT2D eigenvalue weighted by Crippen LogP contribution is 2.19. The summed E-state index contributed by atoms with van der Waals surface area (Å²) in [5, 5.41) is 0. The number of allylic oxidation sites excluding steroid dienone is 3. The number of nitrogens with zero attached hydrogens (tertiary/aromatic N) is 1. The molecule has 1 aromatic rings. The van der Waals surface area contributed by atoms with Crippen molar-refractivity contribution in [1.82, 2.24) is 0 Å². The molecule has 0 aromatic heterocycles. The molecule has 0 aliphatic heterocycles. The van der Waals surface area contributed by atoms with Gasteiger partial charge in [-0.25, -0.2) is 0 Å². The van der Waals surface area contributed by atoms with E-state index in [1.54, 1.807) is 0 Å². The first-order chi connectivity index (χ1) is 17.3. The van der Waals surface area contributed by atoms with Crippen LogP contribution in [-0.2, 0) is 6.54 Å². The molecule has 35 heavy (non-hydrogen) atoms. The van der Waals surface area contributed by atoms with Crippen molar-refractivity contribution in [2.24, 2.45) is 0 Å². The van der Waals surface area contributed by atoms with Crippen LogP contribution in [0.4, 0.5) is 0 Å². The summed E-state index contributed by atoms with van der Waals surface area (Å²) in [5.41, 5.74) is 1.48. The first-order valence-corrected chi connectivity index (χ1v) is 15.1. The average molecular weight is 481 g/mol. The highest BCUT2D eigenvalue weighted by molar-refractivity contribution is 5.13. The van der Waals surface area contributed by atoms with Gasteiger partial charge >= 0.3 is 0 Å². The largest absolute Gasteiger partial charge is 0.319 e. The van der Waals surface area contributed by atoms with Crippen molar-refractivity contribution in [3.63, 3.8) is 0 Å². The maximum absolute atomic E-state index is 2.47. The van der Waals surface area contributed by atoms with Crippen molar-refractivity contribution in [2.75, 3.05) is 19.6 Å². The predicted molar refractivity (Wildman–Crippen MR) is 159 cm³/mol. The Kier molecular flexibility index (Phi) is 20.5. The lowest BCUT2D eigenvalue weighted by atomic mass is 10.1. The number of hydrogen-bond acceptors (Lipinski definition) is 0. The van der Waals surface area contributed by atoms with Crippen LogP contribution in [0.5, 0.6) is 0 Å². The van der Waals surface area contributed by atoms with Gasteiger partial charge in [-0.3, -0.25) is 0 Å². The minimum absolute atomic E-state index is 1.15. The lowest BCUT2D eigenvalue weighted by molar-refractivity contribution is -0.940. The molecule has 1 aromatic carbocycles. The summed E-state index contributed by atoms with van der Waals surface area (Å²) >= 11 is 0. The predicted octanol–water partition coefficient (Wildman–Crippen LogP) is 10.6. The second kappa shape index (κ2) is 22.8. The van der Waals surface area contributed by atoms with Crippen molar-refractivity contribution >= 4 is 0 Å². The zero-order valence-electron chi connectivity index (χ0n) is 23.7. The second-order valence-corrected chi connectivity index (χ2v) is 10.4. The van der Waals surface area contributed by atoms with Gasteiger partial charge in [0.05, 0.1) is 19.6 Å². The molecule has 0 N–H and O–H groups in total. The lowest BCUT2D eigenvalue weighted by Gasteiger charge is -2.39. The SMILES string of the molecule is CCCCC/C=C/CC[N+](CC/C=C/CCCCC)(CC/C=C/CCCCC)Cc1ccccc1. The molecule has 0 saturated carbocycles. The van der Waals surface area contributed by atoms with Crippen molar-refractivity contribution in [3.8, 4) is 0 Å². The number of rotatable bonds is 23. The molecular formula is C34H58N+. The van der Waals surface area contributed by atoms with E-state index >= 15 is 0 Å². The summed E-state index contributed by atoms with van der Waals surface area (Å²) < 4.78 is 1.20. The molecule has 1 nitrogen and oxygen atoms in total. The Morgan fingerprint density at radius 2 is 0.857 bits per heavy atom. The summed E-state index contributed by atoms with van der Waals surface area (Å²) in [6.45, 7) is 11.7. The van der Waals surface area contributed by atoms with Crippen LogP contribution in [0.2, 0.25) is 0 Å². The Balaban J connectivity index is 2.83. The fourth-order valence-electron chi connectivity index (χ4n) is 4.83. The van der Waals surface area contributed by atoms with E-state index in [0.29, 0.717) is 0 Å². The van der Waals surface area contributed by atoms with E-state index in [2.05, 4.69) is 87.6 Å². The van der Waals surface area contributed by atoms with Crippen molar-refractivity contribution in [1.29, 1.82) is 0 Å². The topological polar surface area (TPSA) is 0 Å². The lowest BCUT2D eigenvalue weighted by Crippen LogP contribution is -2.49. The third-order valence-electron chi connectivity index (χ3n) is 7.09. The third-order valence-corrected chi connectivity index (χ3v) is 7.09. The smallest absolute Gasteiger partial charge is 0.104 e. The van der Waals surface area contributed by atoms with E-state index in [4.69, 9.17) is 0 Å². The van der Waals surface area contributed by atoms with Gasteiger partial charge in [0.25, 0.3) is 0 Å². The summed E-state index contributed by atoms with van der Waals surface area (Å²) in [6.07, 6.45) is 34.0. The van der Waals surface area contributed by atoms with Crippen LogP contribution in [0, 0.1) is 0 Å². The van der Waals surface area contributed by atoms with Crippen LogP contribution in [0.1, 0.15) is 123 Å². The Morgan fingerprint density at radius 1 is 0.486 bits per heavy atom. The molecule has 0 bridgehead atoms. The summed E-state index contributed by atoms with van der Waals surface area (Å²) in [6, 6.07) is 11.2. The molecule has 198 valence electrons. The molecule has 0 amide bonds. The molecule has 1 heteroatoms. The molecule has 0 spiro atoms. The first-order valence-electron chi connectivity index (χ1n) is 15.1. The van der Waals surface area contributed by atoms with Gasteiger partial charge in [0, 0.05) is 24.8 Å². The van der Waals surface area contributed by atoms with Crippen LogP contribution in [0.25, 0.3) is 0 Å². The highest BCUT2D eigenvalue weighted by atomic mass is 15.3. The van der Waals surface area contributed by atoms with Gasteiger partial charge in [-0.2, -0.15) is 0 Å². The maximum Gasteiger partial charge on any atom is 0.104 e. The second-order valence-electron chi connectivity index (χ2n) is 10.4. The van der Waals surface area contributed by atoms with Gasteiger partial charge in [-0.15, -0.1) is 0 Å². The van der Waals surface area contributed by atoms with Gasteiger partial charge in [0.2, 0.25) is 0 Å². The van der Waals surface area contributed by atoms with Crippen LogP contribution in [0.15, 0.2) is 66.8 Å². The van der Waals surface area contributed by atoms with Gasteiger partial charge < -0.3 is 4.48 Å². The molecule has 0 aliphatic carbocycles. The van der Waals surface area contributed by atoms with Crippen molar-refractivity contribution in [3.05, 3.63) is 72.4 Å². The van der Waals surface area contributed by atoms with Crippen molar-refractivity contribution < 1.29 is 4.48 Å². The number of hydrogen-bond donors (Lipinski definition) is 0. The molecule has 0 unspecified atom stereocenters. The molecule has 1 rings (SSSR count). The Morgan fingerprint density at radius 3 is 1.23 bits per heavy atom. The molecular weight excluding hydrogens is 422 g/mol. The number of quaternary nitrogens is 1. The standard InChI is InChI=1S/C34H58N/c1-4-7-10-13-16-19-25-30-35(33-34-28-23-22-24-29-34,31-26-20-17-14-11-8-5-2)32-27-21-18-15-12-9-6-3/h16-24,28-29H,4-15,25-27,30-33H2,1-3H3/q+1/b19-16+,20-17+,21-18+. The van der Waals surface area contributed by atoms with E-state index in [1.165, 1.54) is 126 Å². The Labute approximate surface area is 220 Å². The molecule has 0 fully saturated rings. The van der Waals surface area contributed by atoms with Gasteiger partial charge in [-0.05, 0) is 38.5 Å². The first kappa shape index (κ1) is 31.4. The normalized spacial score (nSPS) is 12.5. The molecule has 0 atom stereocenters. The monoisotopic (exact) mass is 480 g/mol. The maximum atomic E-state index is 2.47. The minimum atomic E-state index is 1.15. The van der Waals surface area contributed by atoms with Crippen LogP contribution in [0.3, 0.4) is 0 Å². The van der Waals surface area contributed by atoms with E-state index in [9.17, 15) is 0 Å². The van der Waals surface area contributed by atoms with Crippen molar-refractivity contribution in [2.45, 2.75) is 124 Å².